The van der Waals surface area contributed by atoms with E-state index < -0.39 is 0 Å². The van der Waals surface area contributed by atoms with Crippen LogP contribution in [0, 0.1) is 0 Å². The Hall–Kier alpha value is -3.31. The lowest BCUT2D eigenvalue weighted by molar-refractivity contribution is -0.111. The average molecular weight is 391 g/mol. The molecule has 1 amide bonds. The van der Waals surface area contributed by atoms with Crippen molar-refractivity contribution in [3.05, 3.63) is 77.6 Å². The van der Waals surface area contributed by atoms with Crippen LogP contribution in [0.15, 0.2) is 65.1 Å². The van der Waals surface area contributed by atoms with Gasteiger partial charge < -0.3 is 19.6 Å². The van der Waals surface area contributed by atoms with Gasteiger partial charge in [-0.1, -0.05) is 38.1 Å². The highest BCUT2D eigenvalue weighted by Gasteiger charge is 2.11. The van der Waals surface area contributed by atoms with Crippen LogP contribution in [-0.4, -0.2) is 18.1 Å². The summed E-state index contributed by atoms with van der Waals surface area (Å²) in [5.41, 5.74) is 3.53. The third kappa shape index (κ3) is 5.15. The van der Waals surface area contributed by atoms with Crippen LogP contribution in [-0.2, 0) is 11.4 Å². The Balaban J connectivity index is 1.75. The van der Waals surface area contributed by atoms with Gasteiger partial charge in [-0.25, -0.2) is 0 Å². The van der Waals surface area contributed by atoms with Crippen molar-refractivity contribution in [1.29, 1.82) is 0 Å². The molecule has 0 aliphatic heterocycles. The number of aliphatic hydroxyl groups excluding tert-OH is 1. The summed E-state index contributed by atoms with van der Waals surface area (Å²) in [7, 11) is 1.55. The molecular formula is C24H25NO4. The first kappa shape index (κ1) is 20.4. The summed E-state index contributed by atoms with van der Waals surface area (Å²) >= 11 is 0. The van der Waals surface area contributed by atoms with Gasteiger partial charge in [-0.05, 0) is 53.5 Å². The molecule has 1 heterocycles. The number of methoxy groups -OCH3 is 1. The lowest BCUT2D eigenvalue weighted by Crippen LogP contribution is -2.09. The summed E-state index contributed by atoms with van der Waals surface area (Å²) in [6, 6.07) is 17.0. The molecule has 0 saturated heterocycles. The smallest absolute Gasteiger partial charge is 0.248 e. The number of rotatable bonds is 7. The lowest BCUT2D eigenvalue weighted by Gasteiger charge is -2.10. The number of ether oxygens (including phenoxy) is 1. The second-order valence-corrected chi connectivity index (χ2v) is 6.98. The molecular weight excluding hydrogens is 366 g/mol. The van der Waals surface area contributed by atoms with E-state index in [1.165, 1.54) is 11.6 Å². The fourth-order valence-corrected chi connectivity index (χ4v) is 2.92. The summed E-state index contributed by atoms with van der Waals surface area (Å²) in [4.78, 5) is 12.4. The van der Waals surface area contributed by atoms with Gasteiger partial charge in [-0.2, -0.15) is 0 Å². The van der Waals surface area contributed by atoms with Crippen molar-refractivity contribution < 1.29 is 19.1 Å². The molecule has 0 saturated carbocycles. The second-order valence-electron chi connectivity index (χ2n) is 6.98. The lowest BCUT2D eigenvalue weighted by atomic mass is 10.0. The van der Waals surface area contributed by atoms with E-state index in [2.05, 4.69) is 31.3 Å². The minimum Gasteiger partial charge on any atom is -0.495 e. The molecule has 2 aromatic carbocycles. The molecule has 0 unspecified atom stereocenters. The monoisotopic (exact) mass is 391 g/mol. The third-order valence-electron chi connectivity index (χ3n) is 4.59. The summed E-state index contributed by atoms with van der Waals surface area (Å²) in [5.74, 6) is 1.84. The van der Waals surface area contributed by atoms with Crippen LogP contribution in [0.25, 0.3) is 17.4 Å². The molecule has 1 aromatic heterocycles. The molecule has 150 valence electrons. The molecule has 5 heteroatoms. The first-order valence-corrected chi connectivity index (χ1v) is 9.47. The fraction of sp³-hybridized carbons (Fsp3) is 0.208. The van der Waals surface area contributed by atoms with E-state index in [4.69, 9.17) is 9.15 Å². The summed E-state index contributed by atoms with van der Waals surface area (Å²) < 4.78 is 10.9. The number of amides is 1. The number of carbonyl (C=O) groups is 1. The number of furan rings is 1. The first-order valence-electron chi connectivity index (χ1n) is 9.47. The van der Waals surface area contributed by atoms with Gasteiger partial charge in [0.05, 0.1) is 12.8 Å². The van der Waals surface area contributed by atoms with Crippen LogP contribution >= 0.6 is 0 Å². The number of anilines is 1. The Bertz CT molecular complexity index is 1000. The average Bonchev–Trinajstić information content (AvgIpc) is 3.22. The van der Waals surface area contributed by atoms with Crippen molar-refractivity contribution in [3.63, 3.8) is 0 Å². The normalized spacial score (nSPS) is 11.2. The number of aliphatic hydroxyl groups is 1. The number of hydrogen-bond acceptors (Lipinski definition) is 4. The maximum Gasteiger partial charge on any atom is 0.248 e. The largest absolute Gasteiger partial charge is 0.495 e. The molecule has 0 spiro atoms. The van der Waals surface area contributed by atoms with Crippen LogP contribution in [0.3, 0.4) is 0 Å². The number of hydrogen-bond donors (Lipinski definition) is 2. The number of nitrogens with one attached hydrogen (secondary N) is 1. The van der Waals surface area contributed by atoms with Crippen LogP contribution in [0.1, 0.15) is 36.7 Å². The van der Waals surface area contributed by atoms with Gasteiger partial charge in [0.2, 0.25) is 5.91 Å². The van der Waals surface area contributed by atoms with Gasteiger partial charge in [0.1, 0.15) is 23.9 Å². The number of carbonyl (C=O) groups excluding carboxylic acids is 1. The molecule has 0 atom stereocenters. The molecule has 3 aromatic rings. The van der Waals surface area contributed by atoms with E-state index in [0.29, 0.717) is 28.9 Å². The zero-order valence-corrected chi connectivity index (χ0v) is 16.8. The van der Waals surface area contributed by atoms with Gasteiger partial charge >= 0.3 is 0 Å². The standard InChI is InChI=1S/C24H25NO4/c1-16(2)18-7-4-17(5-8-18)6-13-24(27)25-21-14-19(9-11-23(21)28-3)22-12-10-20(15-26)29-22/h4-14,16,26H,15H2,1-3H3,(H,25,27)/b13-6+. The molecule has 3 rings (SSSR count). The summed E-state index contributed by atoms with van der Waals surface area (Å²) in [6.45, 7) is 4.13. The van der Waals surface area contributed by atoms with Crippen molar-refractivity contribution in [3.8, 4) is 17.1 Å². The molecule has 0 fully saturated rings. The Kier molecular flexibility index (Phi) is 6.52. The second kappa shape index (κ2) is 9.26. The van der Waals surface area contributed by atoms with E-state index in [0.717, 1.165) is 11.1 Å². The molecule has 2 N–H and O–H groups in total. The van der Waals surface area contributed by atoms with Gasteiger partial charge in [0.15, 0.2) is 0 Å². The molecule has 0 bridgehead atoms. The van der Waals surface area contributed by atoms with E-state index in [9.17, 15) is 9.90 Å². The molecule has 0 radical (unpaired) electrons. The minimum atomic E-state index is -0.260. The van der Waals surface area contributed by atoms with E-state index >= 15 is 0 Å². The Labute approximate surface area is 170 Å². The Morgan fingerprint density at radius 2 is 1.90 bits per heavy atom. The van der Waals surface area contributed by atoms with Crippen molar-refractivity contribution in [1.82, 2.24) is 0 Å². The molecule has 0 aliphatic carbocycles. The first-order chi connectivity index (χ1) is 14.0. The van der Waals surface area contributed by atoms with Crippen LogP contribution in [0.2, 0.25) is 0 Å². The minimum absolute atomic E-state index is 0.164. The van der Waals surface area contributed by atoms with Crippen molar-refractivity contribution in [2.24, 2.45) is 0 Å². The molecule has 5 nitrogen and oxygen atoms in total. The fourth-order valence-electron chi connectivity index (χ4n) is 2.92. The van der Waals surface area contributed by atoms with Crippen molar-refractivity contribution in [2.45, 2.75) is 26.4 Å². The highest BCUT2D eigenvalue weighted by Crippen LogP contribution is 2.31. The van der Waals surface area contributed by atoms with Crippen molar-refractivity contribution in [2.75, 3.05) is 12.4 Å². The quantitative estimate of drug-likeness (QED) is 0.542. The SMILES string of the molecule is COc1ccc(-c2ccc(CO)o2)cc1NC(=O)/C=C/c1ccc(C(C)C)cc1. The summed E-state index contributed by atoms with van der Waals surface area (Å²) in [6.07, 6.45) is 3.27. The Morgan fingerprint density at radius 3 is 2.52 bits per heavy atom. The maximum absolute atomic E-state index is 12.4. The summed E-state index contributed by atoms with van der Waals surface area (Å²) in [5, 5.41) is 12.0. The topological polar surface area (TPSA) is 71.7 Å². The number of benzene rings is 2. The third-order valence-corrected chi connectivity index (χ3v) is 4.59. The predicted octanol–water partition coefficient (Wildman–Crippen LogP) is 5.22. The van der Waals surface area contributed by atoms with Crippen molar-refractivity contribution >= 4 is 17.7 Å². The van der Waals surface area contributed by atoms with Gasteiger partial charge in [0.25, 0.3) is 0 Å². The molecule has 29 heavy (non-hydrogen) atoms. The van der Waals surface area contributed by atoms with Gasteiger partial charge in [0, 0.05) is 11.6 Å². The van der Waals surface area contributed by atoms with E-state index in [1.54, 1.807) is 37.5 Å². The zero-order chi connectivity index (χ0) is 20.8. The van der Waals surface area contributed by atoms with E-state index in [-0.39, 0.29) is 12.5 Å². The molecule has 0 aliphatic rings. The highest BCUT2D eigenvalue weighted by atomic mass is 16.5. The Morgan fingerprint density at radius 1 is 1.14 bits per heavy atom. The van der Waals surface area contributed by atoms with Gasteiger partial charge in [-0.15, -0.1) is 0 Å². The maximum atomic E-state index is 12.4. The van der Waals surface area contributed by atoms with Gasteiger partial charge in [-0.3, -0.25) is 4.79 Å². The zero-order valence-electron chi connectivity index (χ0n) is 16.8. The van der Waals surface area contributed by atoms with Crippen LogP contribution in [0.5, 0.6) is 5.75 Å². The highest BCUT2D eigenvalue weighted by molar-refractivity contribution is 6.03. The van der Waals surface area contributed by atoms with Crippen LogP contribution in [0.4, 0.5) is 5.69 Å². The van der Waals surface area contributed by atoms with E-state index in [1.807, 2.05) is 18.2 Å². The predicted molar refractivity (Wildman–Crippen MR) is 115 cm³/mol. The van der Waals surface area contributed by atoms with Crippen LogP contribution < -0.4 is 10.1 Å².